The van der Waals surface area contributed by atoms with Crippen LogP contribution in [0.4, 0.5) is 5.69 Å². The molecule has 0 saturated carbocycles. The Bertz CT molecular complexity index is 824. The molecule has 1 aliphatic heterocycles. The maximum Gasteiger partial charge on any atom is 0.245 e. The molecule has 3 rings (SSSR count). The molecule has 0 aliphatic carbocycles. The first-order valence-corrected chi connectivity index (χ1v) is 9.39. The van der Waals surface area contributed by atoms with Gasteiger partial charge in [-0.2, -0.15) is 4.72 Å². The second-order valence-corrected chi connectivity index (χ2v) is 7.88. The van der Waals surface area contributed by atoms with Crippen molar-refractivity contribution in [1.82, 2.24) is 4.72 Å². The molecule has 1 aliphatic rings. The summed E-state index contributed by atoms with van der Waals surface area (Å²) in [7, 11) is -3.73. The van der Waals surface area contributed by atoms with E-state index >= 15 is 0 Å². The summed E-state index contributed by atoms with van der Waals surface area (Å²) in [5.74, 6) is -0.227. The van der Waals surface area contributed by atoms with Crippen LogP contribution in [0.5, 0.6) is 0 Å². The van der Waals surface area contributed by atoms with Crippen LogP contribution in [0.3, 0.4) is 0 Å². The van der Waals surface area contributed by atoms with E-state index in [-0.39, 0.29) is 10.8 Å². The molecule has 23 heavy (non-hydrogen) atoms. The van der Waals surface area contributed by atoms with Gasteiger partial charge in [0.1, 0.15) is 6.04 Å². The summed E-state index contributed by atoms with van der Waals surface area (Å²) >= 11 is 3.25. The largest absolute Gasteiger partial charge is 0.311 e. The van der Waals surface area contributed by atoms with E-state index in [4.69, 9.17) is 0 Å². The Morgan fingerprint density at radius 2 is 1.83 bits per heavy atom. The summed E-state index contributed by atoms with van der Waals surface area (Å²) in [5.41, 5.74) is 0.779. The summed E-state index contributed by atoms with van der Waals surface area (Å²) < 4.78 is 28.0. The summed E-state index contributed by atoms with van der Waals surface area (Å²) in [4.78, 5) is 14.2. The lowest BCUT2D eigenvalue weighted by atomic mass is 10.3. The molecule has 0 spiro atoms. The van der Waals surface area contributed by atoms with Crippen LogP contribution in [0.15, 0.2) is 64.0 Å². The molecule has 2 aromatic rings. The Morgan fingerprint density at radius 3 is 2.52 bits per heavy atom. The van der Waals surface area contributed by atoms with Crippen molar-refractivity contribution in [2.75, 3.05) is 11.4 Å². The average Bonchev–Trinajstić information content (AvgIpc) is 2.89. The van der Waals surface area contributed by atoms with E-state index in [1.807, 2.05) is 30.3 Å². The smallest absolute Gasteiger partial charge is 0.245 e. The molecule has 0 bridgehead atoms. The topological polar surface area (TPSA) is 66.5 Å². The summed E-state index contributed by atoms with van der Waals surface area (Å²) in [5, 5.41) is 0. The number of halogens is 1. The van der Waals surface area contributed by atoms with Crippen LogP contribution in [0, 0.1) is 0 Å². The Kier molecular flexibility index (Phi) is 4.52. The molecule has 1 heterocycles. The number of hydrogen-bond donors (Lipinski definition) is 1. The Hall–Kier alpha value is -1.70. The van der Waals surface area contributed by atoms with Crippen molar-refractivity contribution in [3.63, 3.8) is 0 Å². The third-order valence-electron chi connectivity index (χ3n) is 3.68. The van der Waals surface area contributed by atoms with Crippen molar-refractivity contribution in [1.29, 1.82) is 0 Å². The molecule has 2 aromatic carbocycles. The zero-order chi connectivity index (χ0) is 16.4. The predicted octanol–water partition coefficient (Wildman–Crippen LogP) is 2.53. The minimum Gasteiger partial charge on any atom is -0.311 e. The van der Waals surface area contributed by atoms with E-state index in [9.17, 15) is 13.2 Å². The van der Waals surface area contributed by atoms with Crippen molar-refractivity contribution in [3.05, 3.63) is 59.1 Å². The van der Waals surface area contributed by atoms with Gasteiger partial charge in [-0.05, 0) is 36.8 Å². The van der Waals surface area contributed by atoms with Crippen LogP contribution in [-0.4, -0.2) is 26.9 Å². The lowest BCUT2D eigenvalue weighted by Gasteiger charge is -2.17. The highest BCUT2D eigenvalue weighted by atomic mass is 79.9. The van der Waals surface area contributed by atoms with Crippen LogP contribution in [-0.2, 0) is 14.8 Å². The van der Waals surface area contributed by atoms with Gasteiger partial charge in [0.05, 0.1) is 4.90 Å². The fraction of sp³-hybridized carbons (Fsp3) is 0.188. The highest BCUT2D eigenvalue weighted by Gasteiger charge is 2.35. The van der Waals surface area contributed by atoms with Gasteiger partial charge in [-0.3, -0.25) is 4.79 Å². The number of anilines is 1. The molecule has 120 valence electrons. The Labute approximate surface area is 143 Å². The standard InChI is InChI=1S/C16H15BrN2O3S/c17-12-5-4-8-14(11-12)23(21,22)18-15-9-10-19(16(15)20)13-6-2-1-3-7-13/h1-8,11,15,18H,9-10H2/t15-/m0/s1. The minimum atomic E-state index is -3.73. The van der Waals surface area contributed by atoms with E-state index in [2.05, 4.69) is 20.7 Å². The number of nitrogens with one attached hydrogen (secondary N) is 1. The Balaban J connectivity index is 1.78. The molecule has 1 N–H and O–H groups in total. The van der Waals surface area contributed by atoms with E-state index in [1.54, 1.807) is 17.0 Å². The van der Waals surface area contributed by atoms with Crippen molar-refractivity contribution in [2.24, 2.45) is 0 Å². The molecular weight excluding hydrogens is 380 g/mol. The van der Waals surface area contributed by atoms with Gasteiger partial charge in [0.25, 0.3) is 0 Å². The molecule has 5 nitrogen and oxygen atoms in total. The van der Waals surface area contributed by atoms with Crippen LogP contribution >= 0.6 is 15.9 Å². The zero-order valence-electron chi connectivity index (χ0n) is 12.1. The van der Waals surface area contributed by atoms with Crippen molar-refractivity contribution < 1.29 is 13.2 Å². The zero-order valence-corrected chi connectivity index (χ0v) is 14.5. The second-order valence-electron chi connectivity index (χ2n) is 5.25. The van der Waals surface area contributed by atoms with Crippen LogP contribution in [0.2, 0.25) is 0 Å². The Morgan fingerprint density at radius 1 is 1.09 bits per heavy atom. The normalized spacial score (nSPS) is 18.4. The number of carbonyl (C=O) groups excluding carboxylic acids is 1. The van der Waals surface area contributed by atoms with E-state index < -0.39 is 16.1 Å². The maximum atomic E-state index is 12.5. The van der Waals surface area contributed by atoms with Gasteiger partial charge in [-0.25, -0.2) is 8.42 Å². The quantitative estimate of drug-likeness (QED) is 0.866. The van der Waals surface area contributed by atoms with Gasteiger partial charge in [-0.15, -0.1) is 0 Å². The molecule has 0 unspecified atom stereocenters. The van der Waals surface area contributed by atoms with Crippen molar-refractivity contribution >= 4 is 37.5 Å². The molecule has 1 fully saturated rings. The van der Waals surface area contributed by atoms with E-state index in [0.717, 1.165) is 5.69 Å². The van der Waals surface area contributed by atoms with Gasteiger partial charge in [0, 0.05) is 16.7 Å². The molecule has 1 amide bonds. The van der Waals surface area contributed by atoms with Crippen LogP contribution in [0.1, 0.15) is 6.42 Å². The highest BCUT2D eigenvalue weighted by molar-refractivity contribution is 9.10. The van der Waals surface area contributed by atoms with Gasteiger partial charge < -0.3 is 4.90 Å². The van der Waals surface area contributed by atoms with Crippen molar-refractivity contribution in [3.8, 4) is 0 Å². The van der Waals surface area contributed by atoms with Gasteiger partial charge in [0.15, 0.2) is 0 Å². The van der Waals surface area contributed by atoms with Gasteiger partial charge in [-0.1, -0.05) is 40.2 Å². The summed E-state index contributed by atoms with van der Waals surface area (Å²) in [6.07, 6.45) is 0.445. The first-order chi connectivity index (χ1) is 11.0. The first-order valence-electron chi connectivity index (χ1n) is 7.12. The van der Waals surface area contributed by atoms with E-state index in [0.29, 0.717) is 17.4 Å². The molecule has 1 atom stereocenters. The van der Waals surface area contributed by atoms with Gasteiger partial charge in [0.2, 0.25) is 15.9 Å². The number of para-hydroxylation sites is 1. The number of carbonyl (C=O) groups is 1. The van der Waals surface area contributed by atoms with Crippen LogP contribution in [0.25, 0.3) is 0 Å². The number of nitrogens with zero attached hydrogens (tertiary/aromatic N) is 1. The SMILES string of the molecule is O=C1[C@@H](NS(=O)(=O)c2cccc(Br)c2)CCN1c1ccccc1. The fourth-order valence-electron chi connectivity index (χ4n) is 2.54. The predicted molar refractivity (Wildman–Crippen MR) is 91.7 cm³/mol. The third-order valence-corrected chi connectivity index (χ3v) is 5.64. The highest BCUT2D eigenvalue weighted by Crippen LogP contribution is 2.23. The third kappa shape index (κ3) is 3.46. The van der Waals surface area contributed by atoms with Crippen LogP contribution < -0.4 is 9.62 Å². The molecule has 0 aromatic heterocycles. The van der Waals surface area contributed by atoms with Crippen molar-refractivity contribution in [2.45, 2.75) is 17.4 Å². The number of hydrogen-bond acceptors (Lipinski definition) is 3. The van der Waals surface area contributed by atoms with E-state index in [1.165, 1.54) is 12.1 Å². The molecule has 1 saturated heterocycles. The number of benzene rings is 2. The average molecular weight is 395 g/mol. The first kappa shape index (κ1) is 16.2. The number of rotatable bonds is 4. The number of amides is 1. The van der Waals surface area contributed by atoms with Gasteiger partial charge >= 0.3 is 0 Å². The lowest BCUT2D eigenvalue weighted by Crippen LogP contribution is -2.41. The fourth-order valence-corrected chi connectivity index (χ4v) is 4.36. The summed E-state index contributed by atoms with van der Waals surface area (Å²) in [6, 6.07) is 14.9. The second kappa shape index (κ2) is 6.43. The number of sulfonamides is 1. The molecule has 0 radical (unpaired) electrons. The molecular formula is C16H15BrN2O3S. The molecule has 7 heteroatoms. The minimum absolute atomic E-state index is 0.137. The maximum absolute atomic E-state index is 12.5. The summed E-state index contributed by atoms with van der Waals surface area (Å²) in [6.45, 7) is 0.495. The lowest BCUT2D eigenvalue weighted by molar-refractivity contribution is -0.118. The monoisotopic (exact) mass is 394 g/mol.